The minimum atomic E-state index is 0.320. The molecule has 1 saturated heterocycles. The molecule has 0 aliphatic carbocycles. The molecule has 0 saturated carbocycles. The van der Waals surface area contributed by atoms with Gasteiger partial charge in [-0.15, -0.1) is 0 Å². The number of hydrogen-bond acceptors (Lipinski definition) is 2. The smallest absolute Gasteiger partial charge is 0.0124 e. The minimum absolute atomic E-state index is 0.320. The Bertz CT molecular complexity index is 146. The summed E-state index contributed by atoms with van der Waals surface area (Å²) in [5.74, 6) is 0.929. The average molecular weight is 184 g/mol. The fourth-order valence-corrected chi connectivity index (χ4v) is 2.09. The third kappa shape index (κ3) is 3.65. The van der Waals surface area contributed by atoms with Crippen LogP contribution in [-0.2, 0) is 0 Å². The lowest BCUT2D eigenvalue weighted by molar-refractivity contribution is 0.184. The highest BCUT2D eigenvalue weighted by atomic mass is 15.1. The van der Waals surface area contributed by atoms with Gasteiger partial charge in [0.2, 0.25) is 0 Å². The summed E-state index contributed by atoms with van der Waals surface area (Å²) in [6, 6.07) is 0. The molecule has 0 atom stereocenters. The number of nitrogens with one attached hydrogen (secondary N) is 1. The van der Waals surface area contributed by atoms with E-state index in [-0.39, 0.29) is 0 Å². The van der Waals surface area contributed by atoms with Gasteiger partial charge in [-0.3, -0.25) is 0 Å². The van der Waals surface area contributed by atoms with Crippen LogP contribution in [0.3, 0.4) is 0 Å². The maximum Gasteiger partial charge on any atom is 0.0124 e. The molecule has 2 heteroatoms. The first-order chi connectivity index (χ1) is 6.03. The largest absolute Gasteiger partial charge is 0.315 e. The lowest BCUT2D eigenvalue weighted by atomic mass is 9.85. The normalized spacial score (nSPS) is 22.2. The van der Waals surface area contributed by atoms with Gasteiger partial charge in [-0.25, -0.2) is 0 Å². The van der Waals surface area contributed by atoms with Gasteiger partial charge in [0.25, 0.3) is 0 Å². The zero-order valence-corrected chi connectivity index (χ0v) is 9.56. The van der Waals surface area contributed by atoms with E-state index in [1.807, 2.05) is 0 Å². The van der Waals surface area contributed by atoms with Crippen LogP contribution in [0.15, 0.2) is 0 Å². The van der Waals surface area contributed by atoms with Crippen molar-refractivity contribution in [3.05, 3.63) is 0 Å². The molecule has 1 aliphatic rings. The molecule has 0 aromatic rings. The van der Waals surface area contributed by atoms with E-state index in [0.29, 0.717) is 5.54 Å². The molecule has 0 amide bonds. The highest BCUT2D eigenvalue weighted by Gasteiger charge is 2.24. The van der Waals surface area contributed by atoms with E-state index < -0.39 is 0 Å². The van der Waals surface area contributed by atoms with Crippen LogP contribution in [0.4, 0.5) is 0 Å². The van der Waals surface area contributed by atoms with Crippen LogP contribution >= 0.6 is 0 Å². The zero-order valence-electron chi connectivity index (χ0n) is 9.56. The standard InChI is InChI=1S/C11H24N2/c1-11(2,12-3)9-10-5-7-13(4)8-6-10/h10,12H,5-9H2,1-4H3. The third-order valence-corrected chi connectivity index (χ3v) is 3.31. The van der Waals surface area contributed by atoms with Gasteiger partial charge in [0.15, 0.2) is 0 Å². The lowest BCUT2D eigenvalue weighted by Gasteiger charge is -2.34. The summed E-state index contributed by atoms with van der Waals surface area (Å²) in [5.41, 5.74) is 0.320. The van der Waals surface area contributed by atoms with Gasteiger partial charge in [-0.1, -0.05) is 0 Å². The Balaban J connectivity index is 2.30. The Labute approximate surface area is 82.7 Å². The molecule has 1 aliphatic heterocycles. The molecule has 2 nitrogen and oxygen atoms in total. The van der Waals surface area contributed by atoms with Crippen molar-refractivity contribution in [3.8, 4) is 0 Å². The summed E-state index contributed by atoms with van der Waals surface area (Å²) in [6.45, 7) is 7.16. The van der Waals surface area contributed by atoms with Crippen LogP contribution in [0.5, 0.6) is 0 Å². The van der Waals surface area contributed by atoms with Crippen molar-refractivity contribution in [1.82, 2.24) is 10.2 Å². The number of piperidine rings is 1. The van der Waals surface area contributed by atoms with Crippen LogP contribution in [0.25, 0.3) is 0 Å². The van der Waals surface area contributed by atoms with E-state index in [0.717, 1.165) is 5.92 Å². The molecule has 0 aromatic carbocycles. The summed E-state index contributed by atoms with van der Waals surface area (Å²) in [6.07, 6.45) is 4.07. The topological polar surface area (TPSA) is 15.3 Å². The summed E-state index contributed by atoms with van der Waals surface area (Å²) in [7, 11) is 4.29. The van der Waals surface area contributed by atoms with Gasteiger partial charge < -0.3 is 10.2 Å². The molecule has 0 radical (unpaired) electrons. The lowest BCUT2D eigenvalue weighted by Crippen LogP contribution is -2.40. The fraction of sp³-hybridized carbons (Fsp3) is 1.00. The Morgan fingerprint density at radius 3 is 2.31 bits per heavy atom. The van der Waals surface area contributed by atoms with E-state index in [9.17, 15) is 0 Å². The average Bonchev–Trinajstić information content (AvgIpc) is 2.09. The molecule has 1 heterocycles. The van der Waals surface area contributed by atoms with Gasteiger partial charge in [-0.2, -0.15) is 0 Å². The maximum atomic E-state index is 3.39. The molecule has 0 aromatic heterocycles. The quantitative estimate of drug-likeness (QED) is 0.718. The number of likely N-dealkylation sites (tertiary alicyclic amines) is 1. The van der Waals surface area contributed by atoms with Crippen molar-refractivity contribution in [1.29, 1.82) is 0 Å². The number of hydrogen-bond donors (Lipinski definition) is 1. The second-order valence-corrected chi connectivity index (χ2v) is 5.08. The Kier molecular flexibility index (Phi) is 3.74. The van der Waals surface area contributed by atoms with Gasteiger partial charge in [0.05, 0.1) is 0 Å². The minimum Gasteiger partial charge on any atom is -0.315 e. The molecular weight excluding hydrogens is 160 g/mol. The summed E-state index contributed by atoms with van der Waals surface area (Å²) in [4.78, 5) is 2.43. The molecular formula is C11H24N2. The van der Waals surface area contributed by atoms with Crippen molar-refractivity contribution in [2.24, 2.45) is 5.92 Å². The number of nitrogens with zero attached hydrogens (tertiary/aromatic N) is 1. The van der Waals surface area contributed by atoms with E-state index in [1.165, 1.54) is 32.4 Å². The van der Waals surface area contributed by atoms with Gasteiger partial charge in [-0.05, 0) is 66.2 Å². The van der Waals surface area contributed by atoms with Gasteiger partial charge >= 0.3 is 0 Å². The second-order valence-electron chi connectivity index (χ2n) is 5.08. The van der Waals surface area contributed by atoms with Gasteiger partial charge in [0.1, 0.15) is 0 Å². The van der Waals surface area contributed by atoms with E-state index in [2.05, 4.69) is 38.2 Å². The number of rotatable bonds is 3. The molecule has 0 bridgehead atoms. The van der Waals surface area contributed by atoms with Crippen molar-refractivity contribution >= 4 is 0 Å². The van der Waals surface area contributed by atoms with E-state index in [1.54, 1.807) is 0 Å². The summed E-state index contributed by atoms with van der Waals surface area (Å²) >= 11 is 0. The van der Waals surface area contributed by atoms with E-state index >= 15 is 0 Å². The van der Waals surface area contributed by atoms with Crippen LogP contribution < -0.4 is 5.32 Å². The highest BCUT2D eigenvalue weighted by Crippen LogP contribution is 2.25. The van der Waals surface area contributed by atoms with Crippen molar-refractivity contribution in [2.75, 3.05) is 27.2 Å². The van der Waals surface area contributed by atoms with Crippen molar-refractivity contribution < 1.29 is 0 Å². The SMILES string of the molecule is CNC(C)(C)CC1CCN(C)CC1. The van der Waals surface area contributed by atoms with Gasteiger partial charge in [0, 0.05) is 5.54 Å². The first-order valence-electron chi connectivity index (χ1n) is 5.41. The molecule has 1 fully saturated rings. The van der Waals surface area contributed by atoms with Crippen LogP contribution in [0.2, 0.25) is 0 Å². The molecule has 1 N–H and O–H groups in total. The van der Waals surface area contributed by atoms with Crippen molar-refractivity contribution in [3.63, 3.8) is 0 Å². The Morgan fingerprint density at radius 1 is 1.31 bits per heavy atom. The van der Waals surface area contributed by atoms with Crippen LogP contribution in [0, 0.1) is 5.92 Å². The molecule has 13 heavy (non-hydrogen) atoms. The monoisotopic (exact) mass is 184 g/mol. The molecule has 78 valence electrons. The van der Waals surface area contributed by atoms with Crippen molar-refractivity contribution in [2.45, 2.75) is 38.6 Å². The highest BCUT2D eigenvalue weighted by molar-refractivity contribution is 4.81. The van der Waals surface area contributed by atoms with Crippen LogP contribution in [0.1, 0.15) is 33.1 Å². The molecule has 0 unspecified atom stereocenters. The predicted octanol–water partition coefficient (Wildman–Crippen LogP) is 1.72. The summed E-state index contributed by atoms with van der Waals surface area (Å²) < 4.78 is 0. The first-order valence-corrected chi connectivity index (χ1v) is 5.41. The first kappa shape index (κ1) is 11.0. The summed E-state index contributed by atoms with van der Waals surface area (Å²) in [5, 5.41) is 3.39. The maximum absolute atomic E-state index is 3.39. The second kappa shape index (κ2) is 4.43. The molecule has 0 spiro atoms. The van der Waals surface area contributed by atoms with Crippen LogP contribution in [-0.4, -0.2) is 37.6 Å². The Morgan fingerprint density at radius 2 is 1.85 bits per heavy atom. The molecule has 1 rings (SSSR count). The third-order valence-electron chi connectivity index (χ3n) is 3.31. The van der Waals surface area contributed by atoms with E-state index in [4.69, 9.17) is 0 Å². The zero-order chi connectivity index (χ0) is 9.90. The fourth-order valence-electron chi connectivity index (χ4n) is 2.09. The predicted molar refractivity (Wildman–Crippen MR) is 58.0 cm³/mol. The Hall–Kier alpha value is -0.0800.